The third kappa shape index (κ3) is 4.02. The molecule has 0 radical (unpaired) electrons. The van der Waals surface area contributed by atoms with Gasteiger partial charge in [-0.1, -0.05) is 11.1 Å². The van der Waals surface area contributed by atoms with Crippen molar-refractivity contribution in [2.45, 2.75) is 74.9 Å². The highest BCUT2D eigenvalue weighted by atomic mass is 32.2. The van der Waals surface area contributed by atoms with E-state index in [1.165, 1.54) is 0 Å². The Labute approximate surface area is 106 Å². The maximum atomic E-state index is 10.8. The number of nitrogens with two attached hydrogens (primary N) is 1. The average molecular weight is 260 g/mol. The second-order valence-corrected chi connectivity index (χ2v) is 6.52. The molecule has 0 spiro atoms. The molecule has 0 aromatic carbocycles. The van der Waals surface area contributed by atoms with Gasteiger partial charge in [0.25, 0.3) is 0 Å². The number of hydrogen-bond donors (Lipinski definition) is 1. The minimum absolute atomic E-state index is 0.144. The number of rotatable bonds is 3. The summed E-state index contributed by atoms with van der Waals surface area (Å²) >= 11 is -1.90. The molecule has 2 saturated carbocycles. The Hall–Kier alpha value is 0.0300. The first kappa shape index (κ1) is 13.5. The molecule has 5 heteroatoms. The van der Waals surface area contributed by atoms with Crippen molar-refractivity contribution in [2.75, 3.05) is 0 Å². The molecule has 0 aromatic rings. The molecule has 0 aliphatic heterocycles. The minimum atomic E-state index is -1.90. The van der Waals surface area contributed by atoms with Gasteiger partial charge in [-0.3, -0.25) is 4.21 Å². The summed E-state index contributed by atoms with van der Waals surface area (Å²) in [5, 5.41) is -0.144. The van der Waals surface area contributed by atoms with E-state index in [4.69, 9.17) is 10.5 Å². The second kappa shape index (κ2) is 6.27. The summed E-state index contributed by atoms with van der Waals surface area (Å²) in [4.78, 5) is 0. The van der Waals surface area contributed by atoms with Crippen molar-refractivity contribution >= 4 is 11.1 Å². The van der Waals surface area contributed by atoms with Gasteiger partial charge >= 0.3 is 0 Å². The second-order valence-electron chi connectivity index (χ2n) is 5.33. The lowest BCUT2D eigenvalue weighted by molar-refractivity contribution is -0.0464. The van der Waals surface area contributed by atoms with Gasteiger partial charge in [0.15, 0.2) is 0 Å². The lowest BCUT2D eigenvalue weighted by Crippen LogP contribution is -2.35. The molecule has 100 valence electrons. The quantitative estimate of drug-likeness (QED) is 0.780. The third-order valence-corrected chi connectivity index (χ3v) is 5.01. The predicted octanol–water partition coefficient (Wildman–Crippen LogP) is 1.46. The SMILES string of the molecule is NC1CCC(OC2CCC(S(=O)[O-])CC2)CC1. The van der Waals surface area contributed by atoms with Gasteiger partial charge in [0.05, 0.1) is 12.2 Å². The van der Waals surface area contributed by atoms with Gasteiger partial charge < -0.3 is 15.0 Å². The van der Waals surface area contributed by atoms with Gasteiger partial charge in [-0.15, -0.1) is 0 Å². The van der Waals surface area contributed by atoms with Crippen molar-refractivity contribution in [3.8, 4) is 0 Å². The molecule has 1 unspecified atom stereocenters. The fourth-order valence-corrected chi connectivity index (χ4v) is 3.51. The van der Waals surface area contributed by atoms with Gasteiger partial charge in [0, 0.05) is 11.3 Å². The lowest BCUT2D eigenvalue weighted by Gasteiger charge is -2.34. The van der Waals surface area contributed by atoms with E-state index in [0.717, 1.165) is 51.4 Å². The molecular weight excluding hydrogens is 238 g/mol. The fraction of sp³-hybridized carbons (Fsp3) is 1.00. The van der Waals surface area contributed by atoms with Crippen LogP contribution in [0.3, 0.4) is 0 Å². The van der Waals surface area contributed by atoms with Crippen molar-refractivity contribution in [3.63, 3.8) is 0 Å². The molecule has 0 bridgehead atoms. The van der Waals surface area contributed by atoms with Crippen LogP contribution in [0.4, 0.5) is 0 Å². The first-order valence-corrected chi connectivity index (χ1v) is 7.78. The van der Waals surface area contributed by atoms with Gasteiger partial charge in [0.1, 0.15) is 0 Å². The normalized spacial score (nSPS) is 41.1. The molecular formula is C12H22NO3S-. The highest BCUT2D eigenvalue weighted by molar-refractivity contribution is 7.79. The van der Waals surface area contributed by atoms with Crippen molar-refractivity contribution in [3.05, 3.63) is 0 Å². The van der Waals surface area contributed by atoms with Gasteiger partial charge in [-0.2, -0.15) is 0 Å². The van der Waals surface area contributed by atoms with Crippen LogP contribution in [0.5, 0.6) is 0 Å². The van der Waals surface area contributed by atoms with Crippen molar-refractivity contribution in [2.24, 2.45) is 5.73 Å². The maximum absolute atomic E-state index is 10.8. The monoisotopic (exact) mass is 260 g/mol. The van der Waals surface area contributed by atoms with Gasteiger partial charge in [-0.25, -0.2) is 0 Å². The number of ether oxygens (including phenoxy) is 1. The molecule has 2 aliphatic carbocycles. The first-order chi connectivity index (χ1) is 8.15. The Morgan fingerprint density at radius 1 is 0.941 bits per heavy atom. The maximum Gasteiger partial charge on any atom is 0.0580 e. The minimum Gasteiger partial charge on any atom is -0.772 e. The van der Waals surface area contributed by atoms with Crippen LogP contribution in [0.15, 0.2) is 0 Å². The summed E-state index contributed by atoms with van der Waals surface area (Å²) < 4.78 is 27.7. The average Bonchev–Trinajstić information content (AvgIpc) is 2.33. The Bertz CT molecular complexity index is 258. The molecule has 4 nitrogen and oxygen atoms in total. The zero-order chi connectivity index (χ0) is 12.3. The summed E-state index contributed by atoms with van der Waals surface area (Å²) in [5.74, 6) is 0. The molecule has 0 heterocycles. The van der Waals surface area contributed by atoms with Crippen molar-refractivity contribution < 1.29 is 13.5 Å². The van der Waals surface area contributed by atoms with E-state index in [9.17, 15) is 8.76 Å². The largest absolute Gasteiger partial charge is 0.772 e. The zero-order valence-electron chi connectivity index (χ0n) is 10.2. The van der Waals surface area contributed by atoms with Crippen LogP contribution in [0.25, 0.3) is 0 Å². The summed E-state index contributed by atoms with van der Waals surface area (Å²) in [6.07, 6.45) is 8.17. The van der Waals surface area contributed by atoms with Gasteiger partial charge in [-0.05, 0) is 51.4 Å². The van der Waals surface area contributed by atoms with Crippen LogP contribution in [0, 0.1) is 0 Å². The third-order valence-electron chi connectivity index (χ3n) is 4.00. The van der Waals surface area contributed by atoms with E-state index in [0.29, 0.717) is 12.1 Å². The van der Waals surface area contributed by atoms with Crippen LogP contribution >= 0.6 is 0 Å². The van der Waals surface area contributed by atoms with Gasteiger partial charge in [0.2, 0.25) is 0 Å². The fourth-order valence-electron chi connectivity index (χ4n) is 2.86. The van der Waals surface area contributed by atoms with E-state index < -0.39 is 11.1 Å². The van der Waals surface area contributed by atoms with E-state index in [1.54, 1.807) is 0 Å². The summed E-state index contributed by atoms with van der Waals surface area (Å²) in [5.41, 5.74) is 5.86. The molecule has 0 aromatic heterocycles. The van der Waals surface area contributed by atoms with Crippen LogP contribution in [-0.2, 0) is 15.8 Å². The number of hydrogen-bond acceptors (Lipinski definition) is 4. The van der Waals surface area contributed by atoms with Crippen LogP contribution in [-0.4, -0.2) is 32.3 Å². The van der Waals surface area contributed by atoms with Crippen LogP contribution < -0.4 is 5.73 Å². The van der Waals surface area contributed by atoms with Crippen LogP contribution in [0.2, 0.25) is 0 Å². The molecule has 2 fully saturated rings. The molecule has 2 aliphatic rings. The van der Waals surface area contributed by atoms with Crippen LogP contribution in [0.1, 0.15) is 51.4 Å². The summed E-state index contributed by atoms with van der Waals surface area (Å²) in [7, 11) is 0. The van der Waals surface area contributed by atoms with E-state index in [1.807, 2.05) is 0 Å². The smallest absolute Gasteiger partial charge is 0.0580 e. The standard InChI is InChI=1S/C12H23NO3S/c13-9-1-3-10(4-2-9)16-11-5-7-12(8-6-11)17(14)15/h9-12H,1-8,13H2,(H,14,15)/p-1. The van der Waals surface area contributed by atoms with Crippen molar-refractivity contribution in [1.29, 1.82) is 0 Å². The molecule has 2 N–H and O–H groups in total. The van der Waals surface area contributed by atoms with E-state index in [2.05, 4.69) is 0 Å². The molecule has 0 amide bonds. The van der Waals surface area contributed by atoms with E-state index >= 15 is 0 Å². The Kier molecular flexibility index (Phi) is 4.97. The lowest BCUT2D eigenvalue weighted by atomic mass is 9.92. The Morgan fingerprint density at radius 3 is 1.88 bits per heavy atom. The predicted molar refractivity (Wildman–Crippen MR) is 66.3 cm³/mol. The summed E-state index contributed by atoms with van der Waals surface area (Å²) in [6.45, 7) is 0. The highest BCUT2D eigenvalue weighted by Crippen LogP contribution is 2.28. The molecule has 17 heavy (non-hydrogen) atoms. The van der Waals surface area contributed by atoms with Crippen molar-refractivity contribution in [1.82, 2.24) is 0 Å². The van der Waals surface area contributed by atoms with E-state index in [-0.39, 0.29) is 11.4 Å². The molecule has 1 atom stereocenters. The first-order valence-electron chi connectivity index (χ1n) is 6.64. The zero-order valence-corrected chi connectivity index (χ0v) is 11.0. The Balaban J connectivity index is 1.69. The summed E-state index contributed by atoms with van der Waals surface area (Å²) in [6, 6.07) is 0.355. The molecule has 0 saturated heterocycles. The highest BCUT2D eigenvalue weighted by Gasteiger charge is 2.26. The topological polar surface area (TPSA) is 75.4 Å². The molecule has 2 rings (SSSR count). The Morgan fingerprint density at radius 2 is 1.41 bits per heavy atom.